The number of hydrogen-bond acceptors (Lipinski definition) is 3. The van der Waals surface area contributed by atoms with Crippen LogP contribution < -0.4 is 0 Å². The standard InChI is InChI=1S/C12H22N2O/c1-12(2,10-13)6-8-14-7-4-5-11(9-14)15-3/h11H,4-9H2,1-3H3. The van der Waals surface area contributed by atoms with Crippen molar-refractivity contribution in [3.63, 3.8) is 0 Å². The molecule has 1 atom stereocenters. The molecule has 3 heteroatoms. The molecule has 3 nitrogen and oxygen atoms in total. The van der Waals surface area contributed by atoms with Gasteiger partial charge in [0.25, 0.3) is 0 Å². The van der Waals surface area contributed by atoms with Crippen LogP contribution in [0.25, 0.3) is 0 Å². The first-order valence-corrected chi connectivity index (χ1v) is 5.74. The van der Waals surface area contributed by atoms with E-state index in [0.29, 0.717) is 6.10 Å². The molecule has 1 aliphatic heterocycles. The van der Waals surface area contributed by atoms with Crippen LogP contribution in [0.3, 0.4) is 0 Å². The monoisotopic (exact) mass is 210 g/mol. The third kappa shape index (κ3) is 4.19. The third-order valence-corrected chi connectivity index (χ3v) is 3.15. The number of rotatable bonds is 4. The van der Waals surface area contributed by atoms with Gasteiger partial charge in [-0.3, -0.25) is 0 Å². The summed E-state index contributed by atoms with van der Waals surface area (Å²) in [6, 6.07) is 2.35. The van der Waals surface area contributed by atoms with Gasteiger partial charge in [-0.05, 0) is 46.2 Å². The molecule has 1 fully saturated rings. The summed E-state index contributed by atoms with van der Waals surface area (Å²) < 4.78 is 5.37. The molecule has 0 aliphatic carbocycles. The number of likely N-dealkylation sites (tertiary alicyclic amines) is 1. The lowest BCUT2D eigenvalue weighted by Crippen LogP contribution is -2.40. The Labute approximate surface area is 93.0 Å². The predicted octanol–water partition coefficient (Wildman–Crippen LogP) is 2.04. The van der Waals surface area contributed by atoms with E-state index in [0.717, 1.165) is 26.1 Å². The summed E-state index contributed by atoms with van der Waals surface area (Å²) in [6.45, 7) is 7.20. The highest BCUT2D eigenvalue weighted by molar-refractivity contribution is 4.92. The fourth-order valence-electron chi connectivity index (χ4n) is 1.90. The quantitative estimate of drug-likeness (QED) is 0.712. The van der Waals surface area contributed by atoms with Gasteiger partial charge in [0.2, 0.25) is 0 Å². The Kier molecular flexibility index (Phi) is 4.56. The molecule has 15 heavy (non-hydrogen) atoms. The number of hydrogen-bond donors (Lipinski definition) is 0. The van der Waals surface area contributed by atoms with Crippen molar-refractivity contribution in [1.82, 2.24) is 4.90 Å². The van der Waals surface area contributed by atoms with Crippen LogP contribution in [0.4, 0.5) is 0 Å². The third-order valence-electron chi connectivity index (χ3n) is 3.15. The van der Waals surface area contributed by atoms with E-state index in [1.165, 1.54) is 12.8 Å². The van der Waals surface area contributed by atoms with Gasteiger partial charge >= 0.3 is 0 Å². The molecule has 1 saturated heterocycles. The van der Waals surface area contributed by atoms with Crippen molar-refractivity contribution in [3.05, 3.63) is 0 Å². The average molecular weight is 210 g/mol. The number of nitriles is 1. The Morgan fingerprint density at radius 3 is 2.87 bits per heavy atom. The largest absolute Gasteiger partial charge is 0.380 e. The molecule has 0 saturated carbocycles. The van der Waals surface area contributed by atoms with Gasteiger partial charge in [0, 0.05) is 13.7 Å². The molecule has 0 aromatic rings. The van der Waals surface area contributed by atoms with Crippen molar-refractivity contribution in [3.8, 4) is 6.07 Å². The lowest BCUT2D eigenvalue weighted by molar-refractivity contribution is 0.0288. The minimum absolute atomic E-state index is 0.194. The Hall–Kier alpha value is -0.590. The van der Waals surface area contributed by atoms with Gasteiger partial charge in [-0.2, -0.15) is 5.26 Å². The summed E-state index contributed by atoms with van der Waals surface area (Å²) in [4.78, 5) is 2.41. The normalized spacial score (nSPS) is 23.7. The van der Waals surface area contributed by atoms with Crippen LogP contribution in [0, 0.1) is 16.7 Å². The van der Waals surface area contributed by atoms with Crippen LogP contribution in [-0.4, -0.2) is 37.7 Å². The van der Waals surface area contributed by atoms with Crippen molar-refractivity contribution in [2.24, 2.45) is 5.41 Å². The zero-order valence-corrected chi connectivity index (χ0v) is 10.1. The lowest BCUT2D eigenvalue weighted by Gasteiger charge is -2.33. The van der Waals surface area contributed by atoms with E-state index in [1.54, 1.807) is 7.11 Å². The van der Waals surface area contributed by atoms with Crippen molar-refractivity contribution in [1.29, 1.82) is 5.26 Å². The van der Waals surface area contributed by atoms with Gasteiger partial charge in [-0.25, -0.2) is 0 Å². The molecule has 1 rings (SSSR count). The molecular weight excluding hydrogens is 188 g/mol. The second-order valence-corrected chi connectivity index (χ2v) is 5.05. The smallest absolute Gasteiger partial charge is 0.0698 e. The molecule has 0 radical (unpaired) electrons. The van der Waals surface area contributed by atoms with Crippen LogP contribution in [0.5, 0.6) is 0 Å². The van der Waals surface area contributed by atoms with E-state index in [1.807, 2.05) is 13.8 Å². The Balaban J connectivity index is 2.30. The number of ether oxygens (including phenoxy) is 1. The van der Waals surface area contributed by atoms with E-state index in [-0.39, 0.29) is 5.41 Å². The van der Waals surface area contributed by atoms with Gasteiger partial charge in [0.1, 0.15) is 0 Å². The predicted molar refractivity (Wildman–Crippen MR) is 60.5 cm³/mol. The number of piperidine rings is 1. The highest BCUT2D eigenvalue weighted by atomic mass is 16.5. The van der Waals surface area contributed by atoms with Gasteiger partial charge in [0.15, 0.2) is 0 Å². The molecule has 0 aromatic heterocycles. The molecule has 1 unspecified atom stereocenters. The summed E-state index contributed by atoms with van der Waals surface area (Å²) in [5.74, 6) is 0. The average Bonchev–Trinajstić information content (AvgIpc) is 2.27. The Bertz CT molecular complexity index is 232. The molecule has 0 aromatic carbocycles. The van der Waals surface area contributed by atoms with E-state index in [2.05, 4.69) is 11.0 Å². The maximum atomic E-state index is 8.93. The van der Waals surface area contributed by atoms with Crippen LogP contribution in [0.1, 0.15) is 33.1 Å². The van der Waals surface area contributed by atoms with Crippen LogP contribution in [0.2, 0.25) is 0 Å². The van der Waals surface area contributed by atoms with Crippen LogP contribution in [-0.2, 0) is 4.74 Å². The van der Waals surface area contributed by atoms with Crippen LogP contribution in [0.15, 0.2) is 0 Å². The van der Waals surface area contributed by atoms with E-state index < -0.39 is 0 Å². The van der Waals surface area contributed by atoms with Crippen LogP contribution >= 0.6 is 0 Å². The van der Waals surface area contributed by atoms with E-state index in [9.17, 15) is 0 Å². The first kappa shape index (κ1) is 12.5. The van der Waals surface area contributed by atoms with Gasteiger partial charge in [-0.1, -0.05) is 0 Å². The SMILES string of the molecule is COC1CCCN(CCC(C)(C)C#N)C1. The fourth-order valence-corrected chi connectivity index (χ4v) is 1.90. The minimum atomic E-state index is -0.194. The number of methoxy groups -OCH3 is 1. The van der Waals surface area contributed by atoms with E-state index in [4.69, 9.17) is 10.00 Å². The fraction of sp³-hybridized carbons (Fsp3) is 0.917. The molecule has 1 aliphatic rings. The highest BCUT2D eigenvalue weighted by Gasteiger charge is 2.22. The zero-order chi connectivity index (χ0) is 11.3. The molecule has 0 amide bonds. The summed E-state index contributed by atoms with van der Waals surface area (Å²) >= 11 is 0. The highest BCUT2D eigenvalue weighted by Crippen LogP contribution is 2.21. The molecule has 0 bridgehead atoms. The topological polar surface area (TPSA) is 36.3 Å². The molecule has 1 heterocycles. The first-order valence-electron chi connectivity index (χ1n) is 5.74. The maximum absolute atomic E-state index is 8.93. The summed E-state index contributed by atoms with van der Waals surface area (Å²) in [7, 11) is 1.79. The Morgan fingerprint density at radius 2 is 2.27 bits per heavy atom. The molecule has 0 spiro atoms. The minimum Gasteiger partial charge on any atom is -0.380 e. The van der Waals surface area contributed by atoms with Crippen molar-refractivity contribution in [2.75, 3.05) is 26.7 Å². The summed E-state index contributed by atoms with van der Waals surface area (Å²) in [5.41, 5.74) is -0.194. The lowest BCUT2D eigenvalue weighted by atomic mass is 9.91. The number of nitrogens with zero attached hydrogens (tertiary/aromatic N) is 2. The van der Waals surface area contributed by atoms with Crippen molar-refractivity contribution in [2.45, 2.75) is 39.2 Å². The van der Waals surface area contributed by atoms with Gasteiger partial charge in [0.05, 0.1) is 17.6 Å². The van der Waals surface area contributed by atoms with E-state index >= 15 is 0 Å². The second kappa shape index (κ2) is 5.48. The van der Waals surface area contributed by atoms with Gasteiger partial charge in [-0.15, -0.1) is 0 Å². The second-order valence-electron chi connectivity index (χ2n) is 5.05. The first-order chi connectivity index (χ1) is 7.07. The molecular formula is C12H22N2O. The van der Waals surface area contributed by atoms with Crippen molar-refractivity contribution >= 4 is 0 Å². The zero-order valence-electron chi connectivity index (χ0n) is 10.1. The summed E-state index contributed by atoms with van der Waals surface area (Å²) in [5, 5.41) is 8.93. The Morgan fingerprint density at radius 1 is 1.53 bits per heavy atom. The maximum Gasteiger partial charge on any atom is 0.0698 e. The van der Waals surface area contributed by atoms with Gasteiger partial charge < -0.3 is 9.64 Å². The molecule has 86 valence electrons. The molecule has 0 N–H and O–H groups in total. The van der Waals surface area contributed by atoms with Crippen molar-refractivity contribution < 1.29 is 4.74 Å². The summed E-state index contributed by atoms with van der Waals surface area (Å²) in [6.07, 6.45) is 3.73.